The monoisotopic (exact) mass is 244 g/mol. The third-order valence-corrected chi connectivity index (χ3v) is 4.75. The SMILES string of the molecule is CC(N)c1ccccc1N1CCC2CCCCC21. The van der Waals surface area contributed by atoms with Crippen LogP contribution in [-0.2, 0) is 0 Å². The van der Waals surface area contributed by atoms with Gasteiger partial charge < -0.3 is 10.6 Å². The number of benzene rings is 1. The lowest BCUT2D eigenvalue weighted by Crippen LogP contribution is -2.35. The first kappa shape index (κ1) is 12.0. The van der Waals surface area contributed by atoms with Crippen molar-refractivity contribution < 1.29 is 0 Å². The molecule has 98 valence electrons. The van der Waals surface area contributed by atoms with Crippen LogP contribution in [0.2, 0.25) is 0 Å². The highest BCUT2D eigenvalue weighted by Crippen LogP contribution is 2.40. The van der Waals surface area contributed by atoms with Crippen molar-refractivity contribution in [2.75, 3.05) is 11.4 Å². The lowest BCUT2D eigenvalue weighted by atomic mass is 9.85. The van der Waals surface area contributed by atoms with Crippen molar-refractivity contribution in [3.63, 3.8) is 0 Å². The van der Waals surface area contributed by atoms with E-state index in [-0.39, 0.29) is 6.04 Å². The standard InChI is InChI=1S/C16H24N2/c1-12(17)14-7-3-5-9-16(14)18-11-10-13-6-2-4-8-15(13)18/h3,5,7,9,12-13,15H,2,4,6,8,10-11,17H2,1H3. The fraction of sp³-hybridized carbons (Fsp3) is 0.625. The number of nitrogens with zero attached hydrogens (tertiary/aromatic N) is 1. The number of nitrogens with two attached hydrogens (primary N) is 1. The molecule has 0 bridgehead atoms. The van der Waals surface area contributed by atoms with Gasteiger partial charge in [-0.3, -0.25) is 0 Å². The summed E-state index contributed by atoms with van der Waals surface area (Å²) in [6.07, 6.45) is 7.01. The van der Waals surface area contributed by atoms with E-state index >= 15 is 0 Å². The van der Waals surface area contributed by atoms with E-state index in [4.69, 9.17) is 5.73 Å². The summed E-state index contributed by atoms with van der Waals surface area (Å²) in [6, 6.07) is 9.61. The zero-order valence-electron chi connectivity index (χ0n) is 11.3. The van der Waals surface area contributed by atoms with Crippen LogP contribution >= 0.6 is 0 Å². The third-order valence-electron chi connectivity index (χ3n) is 4.75. The van der Waals surface area contributed by atoms with Crippen molar-refractivity contribution in [3.05, 3.63) is 29.8 Å². The summed E-state index contributed by atoms with van der Waals surface area (Å²) in [5.41, 5.74) is 8.82. The van der Waals surface area contributed by atoms with Gasteiger partial charge in [-0.05, 0) is 43.7 Å². The van der Waals surface area contributed by atoms with Gasteiger partial charge in [0.15, 0.2) is 0 Å². The van der Waals surface area contributed by atoms with Crippen molar-refractivity contribution >= 4 is 5.69 Å². The Morgan fingerprint density at radius 2 is 1.94 bits per heavy atom. The first-order chi connectivity index (χ1) is 8.77. The quantitative estimate of drug-likeness (QED) is 0.863. The molecule has 1 heterocycles. The smallest absolute Gasteiger partial charge is 0.0417 e. The predicted octanol–water partition coefficient (Wildman–Crippen LogP) is 3.48. The van der Waals surface area contributed by atoms with Gasteiger partial charge >= 0.3 is 0 Å². The predicted molar refractivity (Wildman–Crippen MR) is 76.8 cm³/mol. The Morgan fingerprint density at radius 3 is 2.78 bits per heavy atom. The topological polar surface area (TPSA) is 29.3 Å². The number of hydrogen-bond donors (Lipinski definition) is 1. The first-order valence-electron chi connectivity index (χ1n) is 7.38. The lowest BCUT2D eigenvalue weighted by molar-refractivity contribution is 0.342. The Balaban J connectivity index is 1.90. The largest absolute Gasteiger partial charge is 0.368 e. The van der Waals surface area contributed by atoms with E-state index in [1.807, 2.05) is 0 Å². The van der Waals surface area contributed by atoms with Crippen LogP contribution in [0.3, 0.4) is 0 Å². The van der Waals surface area contributed by atoms with Crippen LogP contribution in [0.15, 0.2) is 24.3 Å². The molecular weight excluding hydrogens is 220 g/mol. The third kappa shape index (κ3) is 2.03. The Kier molecular flexibility index (Phi) is 3.29. The Labute approximate surface area is 110 Å². The van der Waals surface area contributed by atoms with Crippen LogP contribution < -0.4 is 10.6 Å². The summed E-state index contributed by atoms with van der Waals surface area (Å²) in [6.45, 7) is 3.31. The van der Waals surface area contributed by atoms with Gasteiger partial charge in [0, 0.05) is 24.3 Å². The average Bonchev–Trinajstić information content (AvgIpc) is 2.82. The molecule has 1 saturated carbocycles. The minimum absolute atomic E-state index is 0.129. The second-order valence-electron chi connectivity index (χ2n) is 5.94. The van der Waals surface area contributed by atoms with Crippen LogP contribution in [-0.4, -0.2) is 12.6 Å². The van der Waals surface area contributed by atoms with Gasteiger partial charge in [-0.2, -0.15) is 0 Å². The summed E-state index contributed by atoms with van der Waals surface area (Å²) < 4.78 is 0. The Hall–Kier alpha value is -1.02. The molecule has 2 fully saturated rings. The highest BCUT2D eigenvalue weighted by molar-refractivity contribution is 5.56. The molecule has 0 radical (unpaired) electrons. The molecule has 18 heavy (non-hydrogen) atoms. The molecule has 1 aromatic rings. The fourth-order valence-electron chi connectivity index (χ4n) is 3.84. The molecule has 2 N–H and O–H groups in total. The number of hydrogen-bond acceptors (Lipinski definition) is 2. The van der Waals surface area contributed by atoms with Crippen molar-refractivity contribution in [1.29, 1.82) is 0 Å². The van der Waals surface area contributed by atoms with Gasteiger partial charge in [-0.1, -0.05) is 31.0 Å². The van der Waals surface area contributed by atoms with E-state index in [0.717, 1.165) is 12.0 Å². The summed E-state index contributed by atoms with van der Waals surface area (Å²) in [5.74, 6) is 0.930. The summed E-state index contributed by atoms with van der Waals surface area (Å²) in [7, 11) is 0. The van der Waals surface area contributed by atoms with Gasteiger partial charge in [0.1, 0.15) is 0 Å². The van der Waals surface area contributed by atoms with Gasteiger partial charge in [0.05, 0.1) is 0 Å². The number of fused-ring (bicyclic) bond motifs is 1. The summed E-state index contributed by atoms with van der Waals surface area (Å²) in [5, 5.41) is 0. The molecule has 1 aromatic carbocycles. The zero-order valence-corrected chi connectivity index (χ0v) is 11.3. The van der Waals surface area contributed by atoms with Gasteiger partial charge in [-0.25, -0.2) is 0 Å². The van der Waals surface area contributed by atoms with Crippen LogP contribution in [0.25, 0.3) is 0 Å². The Bertz CT molecular complexity index is 413. The molecule has 3 atom stereocenters. The number of anilines is 1. The maximum atomic E-state index is 6.12. The lowest BCUT2D eigenvalue weighted by Gasteiger charge is -2.34. The van der Waals surface area contributed by atoms with E-state index in [9.17, 15) is 0 Å². The maximum absolute atomic E-state index is 6.12. The molecule has 1 saturated heterocycles. The normalized spacial score (nSPS) is 29.1. The minimum Gasteiger partial charge on any atom is -0.368 e. The molecule has 1 aliphatic heterocycles. The zero-order chi connectivity index (χ0) is 12.5. The van der Waals surface area contributed by atoms with E-state index < -0.39 is 0 Å². The number of rotatable bonds is 2. The highest BCUT2D eigenvalue weighted by atomic mass is 15.2. The van der Waals surface area contributed by atoms with E-state index in [1.54, 1.807) is 0 Å². The molecule has 0 amide bonds. The molecule has 2 nitrogen and oxygen atoms in total. The summed E-state index contributed by atoms with van der Waals surface area (Å²) in [4.78, 5) is 2.64. The molecule has 3 unspecified atom stereocenters. The molecule has 1 aliphatic carbocycles. The average molecular weight is 244 g/mol. The van der Waals surface area contributed by atoms with Crippen LogP contribution in [0.5, 0.6) is 0 Å². The van der Waals surface area contributed by atoms with Crippen molar-refractivity contribution in [2.24, 2.45) is 11.7 Å². The van der Waals surface area contributed by atoms with Crippen LogP contribution in [0.4, 0.5) is 5.69 Å². The Morgan fingerprint density at radius 1 is 1.17 bits per heavy atom. The van der Waals surface area contributed by atoms with Gasteiger partial charge in [0.25, 0.3) is 0 Å². The van der Waals surface area contributed by atoms with Gasteiger partial charge in [0.2, 0.25) is 0 Å². The van der Waals surface area contributed by atoms with Crippen LogP contribution in [0, 0.1) is 5.92 Å². The van der Waals surface area contributed by atoms with E-state index in [2.05, 4.69) is 36.1 Å². The summed E-state index contributed by atoms with van der Waals surface area (Å²) >= 11 is 0. The highest BCUT2D eigenvalue weighted by Gasteiger charge is 2.36. The van der Waals surface area contributed by atoms with Crippen LogP contribution in [0.1, 0.15) is 50.6 Å². The maximum Gasteiger partial charge on any atom is 0.0417 e. The van der Waals surface area contributed by atoms with Crippen molar-refractivity contribution in [1.82, 2.24) is 0 Å². The van der Waals surface area contributed by atoms with Crippen molar-refractivity contribution in [3.8, 4) is 0 Å². The van der Waals surface area contributed by atoms with E-state index in [0.29, 0.717) is 0 Å². The van der Waals surface area contributed by atoms with Gasteiger partial charge in [-0.15, -0.1) is 0 Å². The van der Waals surface area contributed by atoms with Crippen molar-refractivity contribution in [2.45, 2.75) is 51.1 Å². The molecule has 0 aromatic heterocycles. The first-order valence-corrected chi connectivity index (χ1v) is 7.38. The second-order valence-corrected chi connectivity index (χ2v) is 5.94. The number of para-hydroxylation sites is 1. The fourth-order valence-corrected chi connectivity index (χ4v) is 3.84. The second kappa shape index (κ2) is 4.93. The molecule has 2 aliphatic rings. The minimum atomic E-state index is 0.129. The molecule has 0 spiro atoms. The molecular formula is C16H24N2. The van der Waals surface area contributed by atoms with E-state index in [1.165, 1.54) is 49.9 Å². The molecule has 2 heteroatoms. The molecule has 3 rings (SSSR count).